The summed E-state index contributed by atoms with van der Waals surface area (Å²) in [4.78, 5) is 12.4. The van der Waals surface area contributed by atoms with E-state index in [9.17, 15) is 25.2 Å². The van der Waals surface area contributed by atoms with Crippen molar-refractivity contribution in [3.63, 3.8) is 0 Å². The maximum absolute atomic E-state index is 12.4. The molecule has 0 aliphatic carbocycles. The van der Waals surface area contributed by atoms with Crippen LogP contribution in [-0.2, 0) is 23.7 Å². The Labute approximate surface area is 268 Å². The molecule has 44 heavy (non-hydrogen) atoms. The van der Waals surface area contributed by atoms with Crippen molar-refractivity contribution in [1.82, 2.24) is 0 Å². The van der Waals surface area contributed by atoms with Gasteiger partial charge in [0.15, 0.2) is 6.29 Å². The molecule has 1 saturated heterocycles. The zero-order valence-corrected chi connectivity index (χ0v) is 28.2. The second kappa shape index (κ2) is 28.4. The van der Waals surface area contributed by atoms with E-state index in [1.165, 1.54) is 96.3 Å². The van der Waals surface area contributed by atoms with Gasteiger partial charge in [0.25, 0.3) is 0 Å². The average Bonchev–Trinajstić information content (AvgIpc) is 3.02. The smallest absolute Gasteiger partial charge is 0.306 e. The van der Waals surface area contributed by atoms with E-state index in [2.05, 4.69) is 13.8 Å². The monoisotopic (exact) mass is 632 g/mol. The lowest BCUT2D eigenvalue weighted by Gasteiger charge is -2.39. The molecule has 1 aliphatic rings. The van der Waals surface area contributed by atoms with Gasteiger partial charge in [0.05, 0.1) is 19.8 Å². The molecule has 1 heterocycles. The molecule has 0 spiro atoms. The Morgan fingerprint density at radius 2 is 1.11 bits per heavy atom. The second-order valence-corrected chi connectivity index (χ2v) is 12.7. The van der Waals surface area contributed by atoms with E-state index in [1.807, 2.05) is 0 Å². The maximum Gasteiger partial charge on any atom is 0.306 e. The fraction of sp³-hybridized carbons (Fsp3) is 0.971. The van der Waals surface area contributed by atoms with Crippen LogP contribution in [0.3, 0.4) is 0 Å². The zero-order valence-electron chi connectivity index (χ0n) is 28.2. The molecule has 1 rings (SSSR count). The Morgan fingerprint density at radius 3 is 1.61 bits per heavy atom. The molecule has 4 N–H and O–H groups in total. The van der Waals surface area contributed by atoms with Gasteiger partial charge in [-0.05, 0) is 12.8 Å². The topological polar surface area (TPSA) is 135 Å². The number of carbonyl (C=O) groups is 1. The normalized spacial score (nSPS) is 22.7. The summed E-state index contributed by atoms with van der Waals surface area (Å²) in [6.45, 7) is 4.44. The fourth-order valence-corrected chi connectivity index (χ4v) is 5.61. The first-order chi connectivity index (χ1) is 21.4. The summed E-state index contributed by atoms with van der Waals surface area (Å²) in [6, 6.07) is 0. The minimum Gasteiger partial charge on any atom is -0.457 e. The van der Waals surface area contributed by atoms with Crippen LogP contribution in [0.5, 0.6) is 0 Å². The van der Waals surface area contributed by atoms with Crippen LogP contribution in [0.2, 0.25) is 0 Å². The molecule has 1 aliphatic heterocycles. The molecular weight excluding hydrogens is 564 g/mol. The Balaban J connectivity index is 2.19. The van der Waals surface area contributed by atoms with Gasteiger partial charge in [-0.15, -0.1) is 0 Å². The quantitative estimate of drug-likeness (QED) is 0.0527. The molecule has 9 heteroatoms. The number of aliphatic hydroxyl groups is 4. The van der Waals surface area contributed by atoms with Gasteiger partial charge in [-0.1, -0.05) is 136 Å². The first-order valence-electron chi connectivity index (χ1n) is 18.1. The summed E-state index contributed by atoms with van der Waals surface area (Å²) < 4.78 is 22.5. The van der Waals surface area contributed by atoms with E-state index in [4.69, 9.17) is 18.9 Å². The minimum atomic E-state index is -1.53. The molecule has 0 aromatic rings. The summed E-state index contributed by atoms with van der Waals surface area (Å²) in [7, 11) is 0. The third kappa shape index (κ3) is 20.3. The molecule has 0 bridgehead atoms. The number of aliphatic hydroxyl groups excluding tert-OH is 4. The van der Waals surface area contributed by atoms with Crippen LogP contribution in [0.15, 0.2) is 0 Å². The molecule has 1 fully saturated rings. The van der Waals surface area contributed by atoms with Gasteiger partial charge in [0.1, 0.15) is 30.5 Å². The van der Waals surface area contributed by atoms with Crippen LogP contribution >= 0.6 is 0 Å². The third-order valence-corrected chi connectivity index (χ3v) is 8.52. The maximum atomic E-state index is 12.4. The van der Waals surface area contributed by atoms with Gasteiger partial charge in [0, 0.05) is 13.0 Å². The van der Waals surface area contributed by atoms with E-state index in [-0.39, 0.29) is 19.2 Å². The first kappa shape index (κ1) is 41.2. The molecule has 262 valence electrons. The summed E-state index contributed by atoms with van der Waals surface area (Å²) >= 11 is 0. The minimum absolute atomic E-state index is 0.109. The van der Waals surface area contributed by atoms with Crippen LogP contribution in [-0.4, -0.2) is 89.6 Å². The third-order valence-electron chi connectivity index (χ3n) is 8.52. The van der Waals surface area contributed by atoms with Crippen molar-refractivity contribution in [2.45, 2.75) is 192 Å². The number of unbranched alkanes of at least 4 members (excludes halogenated alkanes) is 19. The van der Waals surface area contributed by atoms with Crippen molar-refractivity contribution in [2.24, 2.45) is 0 Å². The predicted octanol–water partition coefficient (Wildman–Crippen LogP) is 6.35. The highest BCUT2D eigenvalue weighted by Gasteiger charge is 2.44. The molecule has 0 saturated carbocycles. The molecule has 0 aromatic carbocycles. The van der Waals surface area contributed by atoms with Gasteiger partial charge in [-0.3, -0.25) is 4.79 Å². The second-order valence-electron chi connectivity index (χ2n) is 12.7. The predicted molar refractivity (Wildman–Crippen MR) is 173 cm³/mol. The highest BCUT2D eigenvalue weighted by molar-refractivity contribution is 5.69. The lowest BCUT2D eigenvalue weighted by Crippen LogP contribution is -2.59. The van der Waals surface area contributed by atoms with E-state index in [1.54, 1.807) is 0 Å². The summed E-state index contributed by atoms with van der Waals surface area (Å²) in [5, 5.41) is 39.6. The van der Waals surface area contributed by atoms with Crippen molar-refractivity contribution in [1.29, 1.82) is 0 Å². The average molecular weight is 633 g/mol. The number of ether oxygens (including phenoxy) is 4. The standard InChI is InChI=1S/C35H68O9/c1-3-5-7-9-10-11-12-13-14-15-16-17-18-19-20-21-23-25-41-27-29(43-31(37)24-22-8-6-4-2)28-42-35-34(40)33(39)32(38)30(26-36)44-35/h29-30,32-36,38-40H,3-28H2,1-2H3. The number of hydrogen-bond acceptors (Lipinski definition) is 9. The summed E-state index contributed by atoms with van der Waals surface area (Å²) in [6.07, 6.45) is 19.0. The van der Waals surface area contributed by atoms with Gasteiger partial charge in [0.2, 0.25) is 0 Å². The van der Waals surface area contributed by atoms with Crippen molar-refractivity contribution < 1.29 is 44.2 Å². The van der Waals surface area contributed by atoms with Crippen molar-refractivity contribution >= 4 is 5.97 Å². The van der Waals surface area contributed by atoms with Gasteiger partial charge >= 0.3 is 5.97 Å². The van der Waals surface area contributed by atoms with Gasteiger partial charge < -0.3 is 39.4 Å². The Bertz CT molecular complexity index is 648. The van der Waals surface area contributed by atoms with Gasteiger partial charge in [-0.25, -0.2) is 0 Å². The van der Waals surface area contributed by atoms with Crippen molar-refractivity contribution in [3.05, 3.63) is 0 Å². The van der Waals surface area contributed by atoms with E-state index >= 15 is 0 Å². The first-order valence-corrected chi connectivity index (χ1v) is 18.1. The zero-order chi connectivity index (χ0) is 32.3. The molecule has 6 unspecified atom stereocenters. The Hall–Kier alpha value is -0.810. The summed E-state index contributed by atoms with van der Waals surface area (Å²) in [5.74, 6) is -0.329. The highest BCUT2D eigenvalue weighted by Crippen LogP contribution is 2.22. The number of esters is 1. The van der Waals surface area contributed by atoms with E-state index in [0.717, 1.165) is 38.5 Å². The number of carbonyl (C=O) groups excluding carboxylic acids is 1. The molecule has 0 amide bonds. The van der Waals surface area contributed by atoms with Crippen molar-refractivity contribution in [3.8, 4) is 0 Å². The number of rotatable bonds is 30. The fourth-order valence-electron chi connectivity index (χ4n) is 5.61. The Kier molecular flexibility index (Phi) is 26.6. The van der Waals surface area contributed by atoms with Crippen LogP contribution in [0.25, 0.3) is 0 Å². The molecular formula is C35H68O9. The van der Waals surface area contributed by atoms with Crippen LogP contribution in [0, 0.1) is 0 Å². The van der Waals surface area contributed by atoms with Crippen LogP contribution in [0.1, 0.15) is 155 Å². The van der Waals surface area contributed by atoms with E-state index in [0.29, 0.717) is 13.0 Å². The molecule has 9 nitrogen and oxygen atoms in total. The highest BCUT2D eigenvalue weighted by atomic mass is 16.7. The molecule has 6 atom stereocenters. The van der Waals surface area contributed by atoms with Crippen LogP contribution < -0.4 is 0 Å². The molecule has 0 aromatic heterocycles. The SMILES string of the molecule is CCCCCCCCCCCCCCCCCCCOCC(COC1OC(CO)C(O)C(O)C1O)OC(=O)CCCCCC. The lowest BCUT2D eigenvalue weighted by atomic mass is 9.99. The van der Waals surface area contributed by atoms with Crippen molar-refractivity contribution in [2.75, 3.05) is 26.4 Å². The number of hydrogen-bond donors (Lipinski definition) is 4. The van der Waals surface area contributed by atoms with Gasteiger partial charge in [-0.2, -0.15) is 0 Å². The largest absolute Gasteiger partial charge is 0.457 e. The van der Waals surface area contributed by atoms with Crippen LogP contribution in [0.4, 0.5) is 0 Å². The molecule has 0 radical (unpaired) electrons. The lowest BCUT2D eigenvalue weighted by molar-refractivity contribution is -0.305. The van der Waals surface area contributed by atoms with E-state index < -0.39 is 43.4 Å². The summed E-state index contributed by atoms with van der Waals surface area (Å²) in [5.41, 5.74) is 0. The Morgan fingerprint density at radius 1 is 0.636 bits per heavy atom.